The van der Waals surface area contributed by atoms with Gasteiger partial charge < -0.3 is 9.84 Å². The lowest BCUT2D eigenvalue weighted by atomic mass is 9.83. The number of aliphatic carboxylic acids is 1. The predicted molar refractivity (Wildman–Crippen MR) is 92.3 cm³/mol. The van der Waals surface area contributed by atoms with Gasteiger partial charge in [-0.3, -0.25) is 4.79 Å². The zero-order valence-electron chi connectivity index (χ0n) is 13.3. The van der Waals surface area contributed by atoms with E-state index >= 15 is 0 Å². The van der Waals surface area contributed by atoms with Crippen molar-refractivity contribution >= 4 is 35.0 Å². The fourth-order valence-corrected chi connectivity index (χ4v) is 4.51. The van der Waals surface area contributed by atoms with Crippen LogP contribution >= 0.6 is 23.2 Å². The molecule has 3 rings (SSSR count). The molecular formula is C18H20Cl2O4. The third-order valence-electron chi connectivity index (χ3n) is 5.12. The molecular weight excluding hydrogens is 351 g/mol. The molecule has 4 nitrogen and oxygen atoms in total. The summed E-state index contributed by atoms with van der Waals surface area (Å²) in [4.78, 5) is 23.8. The number of carboxylic acids is 1. The fraction of sp³-hybridized carbons (Fsp3) is 0.556. The number of benzene rings is 1. The average molecular weight is 371 g/mol. The van der Waals surface area contributed by atoms with Crippen LogP contribution in [0.15, 0.2) is 6.07 Å². The smallest absolute Gasteiger partial charge is 0.341 e. The Balaban J connectivity index is 1.95. The van der Waals surface area contributed by atoms with Crippen molar-refractivity contribution in [3.05, 3.63) is 27.2 Å². The van der Waals surface area contributed by atoms with E-state index in [1.165, 1.54) is 12.8 Å². The zero-order valence-corrected chi connectivity index (χ0v) is 14.8. The second kappa shape index (κ2) is 7.32. The highest BCUT2D eigenvalue weighted by Gasteiger charge is 2.35. The van der Waals surface area contributed by atoms with E-state index < -0.39 is 12.6 Å². The Bertz CT molecular complexity index is 665. The summed E-state index contributed by atoms with van der Waals surface area (Å²) in [7, 11) is 0. The highest BCUT2D eigenvalue weighted by Crippen LogP contribution is 2.44. The molecule has 1 saturated carbocycles. The van der Waals surface area contributed by atoms with Gasteiger partial charge in [0.15, 0.2) is 12.4 Å². The van der Waals surface area contributed by atoms with Crippen molar-refractivity contribution in [3.8, 4) is 5.75 Å². The number of fused-ring (bicyclic) bond motifs is 1. The molecule has 0 saturated heterocycles. The van der Waals surface area contributed by atoms with E-state index in [-0.39, 0.29) is 27.5 Å². The minimum Gasteiger partial charge on any atom is -0.480 e. The number of carboxylic acid groups (broad SMARTS) is 1. The number of carbonyl (C=O) groups is 2. The van der Waals surface area contributed by atoms with Crippen molar-refractivity contribution in [2.75, 3.05) is 6.61 Å². The third-order valence-corrected chi connectivity index (χ3v) is 5.97. The minimum absolute atomic E-state index is 0.0214. The SMILES string of the molecule is O=C(O)COc1cc2c(c(Cl)c1Cl)C(=O)C(C1CCCC1)CCC2. The van der Waals surface area contributed by atoms with E-state index in [0.29, 0.717) is 11.5 Å². The first-order valence-electron chi connectivity index (χ1n) is 8.38. The molecule has 1 unspecified atom stereocenters. The van der Waals surface area contributed by atoms with Gasteiger partial charge in [0.2, 0.25) is 0 Å². The van der Waals surface area contributed by atoms with Crippen molar-refractivity contribution in [1.82, 2.24) is 0 Å². The van der Waals surface area contributed by atoms with E-state index in [2.05, 4.69) is 0 Å². The van der Waals surface area contributed by atoms with E-state index in [1.54, 1.807) is 6.07 Å². The number of ketones is 1. The summed E-state index contributed by atoms with van der Waals surface area (Å²) in [6.45, 7) is -0.493. The van der Waals surface area contributed by atoms with Gasteiger partial charge in [-0.05, 0) is 49.7 Å². The first kappa shape index (κ1) is 17.6. The van der Waals surface area contributed by atoms with Gasteiger partial charge in [0.1, 0.15) is 10.8 Å². The quantitative estimate of drug-likeness (QED) is 0.774. The molecule has 0 aromatic heterocycles. The van der Waals surface area contributed by atoms with Crippen LogP contribution < -0.4 is 4.74 Å². The summed E-state index contributed by atoms with van der Waals surface area (Å²) in [5.74, 6) is -0.301. The highest BCUT2D eigenvalue weighted by molar-refractivity contribution is 6.45. The molecule has 2 aliphatic rings. The molecule has 0 heterocycles. The third kappa shape index (κ3) is 3.40. The van der Waals surface area contributed by atoms with Crippen LogP contribution in [0.25, 0.3) is 0 Å². The number of hydrogen-bond acceptors (Lipinski definition) is 3. The highest BCUT2D eigenvalue weighted by atomic mass is 35.5. The Hall–Kier alpha value is -1.26. The molecule has 24 heavy (non-hydrogen) atoms. The summed E-state index contributed by atoms with van der Waals surface area (Å²) in [5, 5.41) is 9.08. The van der Waals surface area contributed by atoms with Crippen molar-refractivity contribution in [2.45, 2.75) is 44.9 Å². The first-order valence-corrected chi connectivity index (χ1v) is 9.14. The molecule has 130 valence electrons. The first-order chi connectivity index (χ1) is 11.5. The molecule has 6 heteroatoms. The molecule has 0 aliphatic heterocycles. The molecule has 1 N–H and O–H groups in total. The van der Waals surface area contributed by atoms with Crippen LogP contribution in [0.2, 0.25) is 10.0 Å². The lowest BCUT2D eigenvalue weighted by Gasteiger charge is -2.21. The average Bonchev–Trinajstić information content (AvgIpc) is 3.01. The van der Waals surface area contributed by atoms with Gasteiger partial charge in [0.25, 0.3) is 0 Å². The molecule has 0 amide bonds. The maximum absolute atomic E-state index is 13.1. The van der Waals surface area contributed by atoms with Gasteiger partial charge in [-0.2, -0.15) is 0 Å². The number of Topliss-reactive ketones (excluding diaryl/α,β-unsaturated/α-hetero) is 1. The maximum Gasteiger partial charge on any atom is 0.341 e. The normalized spacial score (nSPS) is 21.4. The number of ether oxygens (including phenoxy) is 1. The van der Waals surface area contributed by atoms with E-state index in [4.69, 9.17) is 33.0 Å². The Labute approximate surface area is 151 Å². The van der Waals surface area contributed by atoms with Crippen LogP contribution in [0.4, 0.5) is 0 Å². The fourth-order valence-electron chi connectivity index (χ4n) is 4.00. The Morgan fingerprint density at radius 3 is 2.54 bits per heavy atom. The zero-order chi connectivity index (χ0) is 17.3. The van der Waals surface area contributed by atoms with Crippen molar-refractivity contribution < 1.29 is 19.4 Å². The maximum atomic E-state index is 13.1. The molecule has 0 spiro atoms. The van der Waals surface area contributed by atoms with Crippen LogP contribution in [0.1, 0.15) is 54.4 Å². The van der Waals surface area contributed by atoms with Crippen LogP contribution in [-0.2, 0) is 11.2 Å². The van der Waals surface area contributed by atoms with Crippen molar-refractivity contribution in [2.24, 2.45) is 11.8 Å². The van der Waals surface area contributed by atoms with Gasteiger partial charge in [0.05, 0.1) is 5.02 Å². The summed E-state index contributed by atoms with van der Waals surface area (Å²) >= 11 is 12.6. The topological polar surface area (TPSA) is 63.6 Å². The summed E-state index contributed by atoms with van der Waals surface area (Å²) in [6, 6.07) is 1.68. The Morgan fingerprint density at radius 2 is 1.88 bits per heavy atom. The Kier molecular flexibility index (Phi) is 5.36. The molecule has 1 fully saturated rings. The predicted octanol–water partition coefficient (Wildman–Crippen LogP) is 4.78. The van der Waals surface area contributed by atoms with Crippen LogP contribution in [0.5, 0.6) is 5.75 Å². The van der Waals surface area contributed by atoms with E-state index in [0.717, 1.165) is 37.7 Å². The van der Waals surface area contributed by atoms with Crippen molar-refractivity contribution in [3.63, 3.8) is 0 Å². The monoisotopic (exact) mass is 370 g/mol. The number of aryl methyl sites for hydroxylation is 1. The minimum atomic E-state index is -1.09. The summed E-state index contributed by atoms with van der Waals surface area (Å²) in [5.41, 5.74) is 1.33. The Morgan fingerprint density at radius 1 is 1.17 bits per heavy atom. The number of rotatable bonds is 4. The molecule has 2 aliphatic carbocycles. The van der Waals surface area contributed by atoms with E-state index in [9.17, 15) is 9.59 Å². The largest absolute Gasteiger partial charge is 0.480 e. The van der Waals surface area contributed by atoms with Gasteiger partial charge in [-0.1, -0.05) is 36.0 Å². The van der Waals surface area contributed by atoms with Gasteiger partial charge in [0, 0.05) is 11.5 Å². The van der Waals surface area contributed by atoms with E-state index in [1.807, 2.05) is 0 Å². The van der Waals surface area contributed by atoms with Crippen LogP contribution in [0, 0.1) is 11.8 Å². The summed E-state index contributed by atoms with van der Waals surface area (Å²) in [6.07, 6.45) is 7.11. The lowest BCUT2D eigenvalue weighted by Crippen LogP contribution is -2.22. The van der Waals surface area contributed by atoms with Crippen LogP contribution in [0.3, 0.4) is 0 Å². The van der Waals surface area contributed by atoms with Gasteiger partial charge >= 0.3 is 5.97 Å². The lowest BCUT2D eigenvalue weighted by molar-refractivity contribution is -0.139. The van der Waals surface area contributed by atoms with Gasteiger partial charge in [-0.15, -0.1) is 0 Å². The number of halogens is 2. The second-order valence-corrected chi connectivity index (χ2v) is 7.38. The molecule has 1 aromatic rings. The second-order valence-electron chi connectivity index (χ2n) is 6.63. The summed E-state index contributed by atoms with van der Waals surface area (Å²) < 4.78 is 5.22. The number of carbonyl (C=O) groups excluding carboxylic acids is 1. The number of hydrogen-bond donors (Lipinski definition) is 1. The van der Waals surface area contributed by atoms with Gasteiger partial charge in [-0.25, -0.2) is 4.79 Å². The van der Waals surface area contributed by atoms with Crippen LogP contribution in [-0.4, -0.2) is 23.5 Å². The molecule has 1 atom stereocenters. The standard InChI is InChI=1S/C18H20Cl2O4/c19-16-13(24-9-14(21)22)8-11-6-3-7-12(10-4-1-2-5-10)18(23)15(11)17(16)20/h8,10,12H,1-7,9H2,(H,21,22). The molecule has 0 radical (unpaired) electrons. The molecule has 1 aromatic carbocycles. The van der Waals surface area contributed by atoms with Crippen molar-refractivity contribution in [1.29, 1.82) is 0 Å². The molecule has 0 bridgehead atoms.